The van der Waals surface area contributed by atoms with Gasteiger partial charge in [0.2, 0.25) is 0 Å². The van der Waals surface area contributed by atoms with Gasteiger partial charge in [-0.2, -0.15) is 5.26 Å². The van der Waals surface area contributed by atoms with Gasteiger partial charge < -0.3 is 10.1 Å². The Hall–Kier alpha value is -3.66. The summed E-state index contributed by atoms with van der Waals surface area (Å²) >= 11 is 9.92. The number of carbonyl (C=O) groups excluding carboxylic acids is 1. The maximum absolute atomic E-state index is 13.8. The summed E-state index contributed by atoms with van der Waals surface area (Å²) in [5.74, 6) is -0.871. The van der Waals surface area contributed by atoms with Crippen LogP contribution in [-0.4, -0.2) is 5.91 Å². The molecular formula is C27H17BrClFN2O2. The van der Waals surface area contributed by atoms with Gasteiger partial charge in [0.05, 0.1) is 15.2 Å². The lowest BCUT2D eigenvalue weighted by Crippen LogP contribution is -2.14. The molecule has 168 valence electrons. The van der Waals surface area contributed by atoms with E-state index in [4.69, 9.17) is 16.3 Å². The maximum atomic E-state index is 13.8. The van der Waals surface area contributed by atoms with Crippen molar-refractivity contribution in [2.75, 3.05) is 5.32 Å². The van der Waals surface area contributed by atoms with Crippen LogP contribution in [0.1, 0.15) is 11.1 Å². The largest absolute Gasteiger partial charge is 0.486 e. The number of benzene rings is 4. The number of nitrogens with one attached hydrogen (secondary N) is 1. The molecule has 0 unspecified atom stereocenters. The normalized spacial score (nSPS) is 11.2. The Morgan fingerprint density at radius 3 is 2.59 bits per heavy atom. The molecule has 1 amide bonds. The summed E-state index contributed by atoms with van der Waals surface area (Å²) in [5.41, 5.74) is 1.32. The summed E-state index contributed by atoms with van der Waals surface area (Å²) in [5, 5.41) is 14.4. The van der Waals surface area contributed by atoms with E-state index in [0.29, 0.717) is 27.4 Å². The second kappa shape index (κ2) is 10.5. The number of nitriles is 1. The number of anilines is 1. The first-order valence-electron chi connectivity index (χ1n) is 10.2. The fourth-order valence-electron chi connectivity index (χ4n) is 3.44. The third-order valence-electron chi connectivity index (χ3n) is 5.07. The van der Waals surface area contributed by atoms with Crippen LogP contribution in [0.5, 0.6) is 5.75 Å². The highest BCUT2D eigenvalue weighted by Gasteiger charge is 2.14. The summed E-state index contributed by atoms with van der Waals surface area (Å²) in [6.45, 7) is 0.309. The number of nitrogens with zero attached hydrogens (tertiary/aromatic N) is 1. The molecule has 0 saturated carbocycles. The molecule has 0 aliphatic heterocycles. The van der Waals surface area contributed by atoms with Crippen LogP contribution >= 0.6 is 27.5 Å². The van der Waals surface area contributed by atoms with Crippen molar-refractivity contribution in [3.63, 3.8) is 0 Å². The molecule has 0 aliphatic rings. The monoisotopic (exact) mass is 534 g/mol. The van der Waals surface area contributed by atoms with Gasteiger partial charge in [0.25, 0.3) is 5.91 Å². The Bertz CT molecular complexity index is 1430. The number of fused-ring (bicyclic) bond motifs is 1. The van der Waals surface area contributed by atoms with Crippen molar-refractivity contribution in [1.82, 2.24) is 0 Å². The quantitative estimate of drug-likeness (QED) is 0.205. The molecule has 0 spiro atoms. The number of ether oxygens (including phenoxy) is 1. The van der Waals surface area contributed by atoms with Crippen molar-refractivity contribution in [3.05, 3.63) is 111 Å². The van der Waals surface area contributed by atoms with Crippen molar-refractivity contribution >= 4 is 56.0 Å². The standard InChI is InChI=1S/C27H17BrClFN2O2/c28-22-13-17(12-20(15-31)27(33)32-25-11-4-3-10-24(25)30)14-23(29)26(22)34-16-19-8-5-7-18-6-1-2-9-21(18)19/h1-14H,16H2,(H,32,33)/b20-12-. The van der Waals surface area contributed by atoms with Crippen molar-refractivity contribution in [1.29, 1.82) is 5.26 Å². The minimum absolute atomic E-state index is 0.00922. The first kappa shape index (κ1) is 23.5. The number of halogens is 3. The van der Waals surface area contributed by atoms with E-state index in [2.05, 4.69) is 21.2 Å². The molecule has 0 heterocycles. The minimum Gasteiger partial charge on any atom is -0.486 e. The van der Waals surface area contributed by atoms with Gasteiger partial charge in [-0.1, -0.05) is 66.2 Å². The molecule has 0 bridgehead atoms. The number of rotatable bonds is 6. The highest BCUT2D eigenvalue weighted by molar-refractivity contribution is 9.10. The summed E-state index contributed by atoms with van der Waals surface area (Å²) < 4.78 is 20.4. The van der Waals surface area contributed by atoms with Crippen LogP contribution in [0.2, 0.25) is 5.02 Å². The molecule has 0 aliphatic carbocycles. The average molecular weight is 536 g/mol. The molecule has 0 fully saturated rings. The number of para-hydroxylation sites is 1. The first-order chi connectivity index (χ1) is 16.5. The Labute approximate surface area is 209 Å². The number of hydrogen-bond donors (Lipinski definition) is 1. The molecule has 1 N–H and O–H groups in total. The Morgan fingerprint density at radius 1 is 1.09 bits per heavy atom. The molecule has 0 aromatic heterocycles. The van der Waals surface area contributed by atoms with Gasteiger partial charge >= 0.3 is 0 Å². The van der Waals surface area contributed by atoms with E-state index in [1.54, 1.807) is 18.2 Å². The van der Waals surface area contributed by atoms with Crippen LogP contribution in [0, 0.1) is 17.1 Å². The van der Waals surface area contributed by atoms with E-state index in [9.17, 15) is 14.4 Å². The zero-order valence-corrected chi connectivity index (χ0v) is 20.0. The van der Waals surface area contributed by atoms with Crippen LogP contribution < -0.4 is 10.1 Å². The zero-order valence-electron chi connectivity index (χ0n) is 17.7. The first-order valence-corrected chi connectivity index (χ1v) is 11.4. The molecular weight excluding hydrogens is 519 g/mol. The lowest BCUT2D eigenvalue weighted by molar-refractivity contribution is -0.112. The second-order valence-electron chi connectivity index (χ2n) is 7.34. The van der Waals surface area contributed by atoms with Gasteiger partial charge in [-0.3, -0.25) is 4.79 Å². The van der Waals surface area contributed by atoms with Gasteiger partial charge in [-0.05, 0) is 68.2 Å². The lowest BCUT2D eigenvalue weighted by Gasteiger charge is -2.13. The van der Waals surface area contributed by atoms with Crippen LogP contribution in [0.25, 0.3) is 16.8 Å². The number of hydrogen-bond acceptors (Lipinski definition) is 3. The predicted molar refractivity (Wildman–Crippen MR) is 136 cm³/mol. The second-order valence-corrected chi connectivity index (χ2v) is 8.61. The summed E-state index contributed by atoms with van der Waals surface area (Å²) in [6.07, 6.45) is 1.38. The van der Waals surface area contributed by atoms with Gasteiger partial charge in [-0.25, -0.2) is 4.39 Å². The van der Waals surface area contributed by atoms with E-state index < -0.39 is 11.7 Å². The predicted octanol–water partition coefficient (Wildman–Crippen LogP) is 7.52. The summed E-state index contributed by atoms with van der Waals surface area (Å²) in [4.78, 5) is 12.5. The van der Waals surface area contributed by atoms with Crippen LogP contribution in [0.3, 0.4) is 0 Å². The average Bonchev–Trinajstić information content (AvgIpc) is 2.83. The van der Waals surface area contributed by atoms with Gasteiger partial charge in [-0.15, -0.1) is 0 Å². The van der Waals surface area contributed by atoms with E-state index in [0.717, 1.165) is 16.3 Å². The summed E-state index contributed by atoms with van der Waals surface area (Å²) in [7, 11) is 0. The van der Waals surface area contributed by atoms with Crippen molar-refractivity contribution in [2.45, 2.75) is 6.61 Å². The van der Waals surface area contributed by atoms with Gasteiger partial charge in [0.1, 0.15) is 24.1 Å². The van der Waals surface area contributed by atoms with E-state index in [1.165, 1.54) is 24.3 Å². The molecule has 4 aromatic rings. The van der Waals surface area contributed by atoms with Gasteiger partial charge in [0.15, 0.2) is 5.75 Å². The van der Waals surface area contributed by atoms with Crippen molar-refractivity contribution < 1.29 is 13.9 Å². The SMILES string of the molecule is N#C/C(=C/c1cc(Cl)c(OCc2cccc3ccccc23)c(Br)c1)C(=O)Nc1ccccc1F. The lowest BCUT2D eigenvalue weighted by atomic mass is 10.1. The van der Waals surface area contributed by atoms with E-state index in [1.807, 2.05) is 48.5 Å². The minimum atomic E-state index is -0.726. The Balaban J connectivity index is 1.54. The number of amides is 1. The fraction of sp³-hybridized carbons (Fsp3) is 0.0370. The van der Waals surface area contributed by atoms with Crippen molar-refractivity contribution in [2.24, 2.45) is 0 Å². The molecule has 0 saturated heterocycles. The molecule has 4 aromatic carbocycles. The van der Waals surface area contributed by atoms with Crippen LogP contribution in [-0.2, 0) is 11.4 Å². The molecule has 4 rings (SSSR count). The smallest absolute Gasteiger partial charge is 0.266 e. The maximum Gasteiger partial charge on any atom is 0.266 e. The Kier molecular flexibility index (Phi) is 7.27. The van der Waals surface area contributed by atoms with Gasteiger partial charge in [0, 0.05) is 0 Å². The molecule has 0 radical (unpaired) electrons. The highest BCUT2D eigenvalue weighted by Crippen LogP contribution is 2.36. The van der Waals surface area contributed by atoms with Crippen LogP contribution in [0.4, 0.5) is 10.1 Å². The number of carbonyl (C=O) groups is 1. The summed E-state index contributed by atoms with van der Waals surface area (Å²) in [6, 6.07) is 24.9. The van der Waals surface area contributed by atoms with Crippen LogP contribution in [0.15, 0.2) is 88.9 Å². The highest BCUT2D eigenvalue weighted by atomic mass is 79.9. The third-order valence-corrected chi connectivity index (χ3v) is 5.94. The van der Waals surface area contributed by atoms with E-state index >= 15 is 0 Å². The third kappa shape index (κ3) is 5.28. The Morgan fingerprint density at radius 2 is 1.82 bits per heavy atom. The topological polar surface area (TPSA) is 62.1 Å². The zero-order chi connectivity index (χ0) is 24.1. The molecule has 34 heavy (non-hydrogen) atoms. The van der Waals surface area contributed by atoms with E-state index in [-0.39, 0.29) is 11.3 Å². The molecule has 7 heteroatoms. The van der Waals surface area contributed by atoms with Crippen molar-refractivity contribution in [3.8, 4) is 11.8 Å². The fourth-order valence-corrected chi connectivity index (χ4v) is 4.43. The molecule has 0 atom stereocenters. The molecule has 4 nitrogen and oxygen atoms in total.